The molecule has 3 aromatic heterocycles. The summed E-state index contributed by atoms with van der Waals surface area (Å²) < 4.78 is 3.47. The lowest BCUT2D eigenvalue weighted by atomic mass is 10.1. The Hall–Kier alpha value is -4.20. The third kappa shape index (κ3) is 3.24. The minimum atomic E-state index is -0.231. The van der Waals surface area contributed by atoms with Crippen LogP contribution in [0.5, 0.6) is 0 Å². The van der Waals surface area contributed by atoms with Crippen molar-refractivity contribution in [2.75, 3.05) is 5.32 Å². The molecule has 0 saturated carbocycles. The van der Waals surface area contributed by atoms with Crippen molar-refractivity contribution >= 4 is 17.0 Å². The van der Waals surface area contributed by atoms with Crippen LogP contribution < -0.4 is 10.9 Å². The molecule has 3 heterocycles. The third-order valence-electron chi connectivity index (χ3n) is 4.95. The second-order valence-corrected chi connectivity index (χ2v) is 6.95. The molecule has 0 aliphatic carbocycles. The average molecular weight is 397 g/mol. The van der Waals surface area contributed by atoms with Gasteiger partial charge in [-0.1, -0.05) is 30.3 Å². The molecular weight excluding hydrogens is 378 g/mol. The summed E-state index contributed by atoms with van der Waals surface area (Å²) in [7, 11) is 0. The first kappa shape index (κ1) is 17.9. The Morgan fingerprint density at radius 1 is 0.967 bits per heavy atom. The Bertz CT molecular complexity index is 1340. The summed E-state index contributed by atoms with van der Waals surface area (Å²) in [5.41, 5.74) is 3.17. The summed E-state index contributed by atoms with van der Waals surface area (Å²) in [6.07, 6.45) is 5.18. The van der Waals surface area contributed by atoms with Crippen LogP contribution in [0, 0.1) is 0 Å². The lowest BCUT2D eigenvalue weighted by Gasteiger charge is -2.15. The largest absolute Gasteiger partial charge is 0.349 e. The molecule has 8 nitrogen and oxygen atoms in total. The highest BCUT2D eigenvalue weighted by Gasteiger charge is 2.13. The Balaban J connectivity index is 1.44. The highest BCUT2D eigenvalue weighted by atomic mass is 16.1. The first-order chi connectivity index (χ1) is 14.7. The van der Waals surface area contributed by atoms with Gasteiger partial charge in [0.2, 0.25) is 5.95 Å². The van der Waals surface area contributed by atoms with Gasteiger partial charge < -0.3 is 5.32 Å². The number of rotatable bonds is 5. The molecule has 0 bridgehead atoms. The van der Waals surface area contributed by atoms with Gasteiger partial charge in [0.1, 0.15) is 5.39 Å². The van der Waals surface area contributed by atoms with Gasteiger partial charge in [0.25, 0.3) is 5.56 Å². The zero-order valence-corrected chi connectivity index (χ0v) is 16.2. The van der Waals surface area contributed by atoms with Gasteiger partial charge in [0.15, 0.2) is 5.65 Å². The number of hydrogen-bond acceptors (Lipinski definition) is 5. The predicted molar refractivity (Wildman–Crippen MR) is 115 cm³/mol. The molecule has 0 fully saturated rings. The summed E-state index contributed by atoms with van der Waals surface area (Å²) in [6, 6.07) is 19.5. The highest BCUT2D eigenvalue weighted by molar-refractivity contribution is 5.76. The minimum absolute atomic E-state index is 0.0645. The van der Waals surface area contributed by atoms with Crippen molar-refractivity contribution in [2.45, 2.75) is 13.0 Å². The molecule has 1 atom stereocenters. The van der Waals surface area contributed by atoms with E-state index in [2.05, 4.69) is 25.5 Å². The predicted octanol–water partition coefficient (Wildman–Crippen LogP) is 3.47. The van der Waals surface area contributed by atoms with E-state index in [9.17, 15) is 4.79 Å². The molecule has 0 spiro atoms. The summed E-state index contributed by atoms with van der Waals surface area (Å²) in [5, 5.41) is 12.3. The van der Waals surface area contributed by atoms with Crippen molar-refractivity contribution in [1.82, 2.24) is 29.5 Å². The summed E-state index contributed by atoms with van der Waals surface area (Å²) in [5.74, 6) is 0.397. The first-order valence-corrected chi connectivity index (χ1v) is 9.59. The van der Waals surface area contributed by atoms with Gasteiger partial charge in [0, 0.05) is 12.4 Å². The minimum Gasteiger partial charge on any atom is -0.349 e. The van der Waals surface area contributed by atoms with Crippen molar-refractivity contribution in [3.05, 3.63) is 95.2 Å². The Kier molecular flexibility index (Phi) is 4.36. The number of H-pyrrole nitrogens is 1. The van der Waals surface area contributed by atoms with Crippen LogP contribution in [-0.4, -0.2) is 29.5 Å². The van der Waals surface area contributed by atoms with Crippen LogP contribution >= 0.6 is 0 Å². The van der Waals surface area contributed by atoms with E-state index in [1.165, 1.54) is 6.20 Å². The third-order valence-corrected chi connectivity index (χ3v) is 4.95. The van der Waals surface area contributed by atoms with Gasteiger partial charge in [0.05, 0.1) is 23.6 Å². The fraction of sp³-hybridized carbons (Fsp3) is 0.0909. The monoisotopic (exact) mass is 397 g/mol. The fourth-order valence-electron chi connectivity index (χ4n) is 3.37. The van der Waals surface area contributed by atoms with E-state index < -0.39 is 0 Å². The van der Waals surface area contributed by atoms with Crippen LogP contribution in [0.1, 0.15) is 18.5 Å². The molecule has 2 aromatic carbocycles. The summed E-state index contributed by atoms with van der Waals surface area (Å²) in [4.78, 5) is 20.0. The number of para-hydroxylation sites is 1. The van der Waals surface area contributed by atoms with Crippen LogP contribution in [0.15, 0.2) is 84.0 Å². The first-order valence-electron chi connectivity index (χ1n) is 9.59. The number of nitrogens with zero attached hydrogens (tertiary/aromatic N) is 5. The van der Waals surface area contributed by atoms with Crippen LogP contribution in [0.4, 0.5) is 5.95 Å². The van der Waals surface area contributed by atoms with Gasteiger partial charge in [-0.3, -0.25) is 9.78 Å². The van der Waals surface area contributed by atoms with Gasteiger partial charge in [-0.15, -0.1) is 0 Å². The number of nitrogens with one attached hydrogen (secondary N) is 2. The van der Waals surface area contributed by atoms with Crippen molar-refractivity contribution in [3.63, 3.8) is 0 Å². The molecule has 1 unspecified atom stereocenters. The molecule has 5 aromatic rings. The van der Waals surface area contributed by atoms with Crippen LogP contribution in [0.3, 0.4) is 0 Å². The maximum Gasteiger partial charge on any atom is 0.263 e. The smallest absolute Gasteiger partial charge is 0.263 e. The molecular formula is C22H19N7O. The van der Waals surface area contributed by atoms with E-state index in [0.717, 1.165) is 16.9 Å². The molecule has 148 valence electrons. The van der Waals surface area contributed by atoms with E-state index in [-0.39, 0.29) is 11.6 Å². The zero-order chi connectivity index (χ0) is 20.5. The zero-order valence-electron chi connectivity index (χ0n) is 16.2. The Morgan fingerprint density at radius 3 is 2.50 bits per heavy atom. The molecule has 0 saturated heterocycles. The summed E-state index contributed by atoms with van der Waals surface area (Å²) >= 11 is 0. The van der Waals surface area contributed by atoms with Gasteiger partial charge in [-0.2, -0.15) is 15.2 Å². The van der Waals surface area contributed by atoms with E-state index in [4.69, 9.17) is 0 Å². The lowest BCUT2D eigenvalue weighted by Crippen LogP contribution is -2.16. The topological polar surface area (TPSA) is 93.4 Å². The maximum absolute atomic E-state index is 12.5. The second kappa shape index (κ2) is 7.32. The quantitative estimate of drug-likeness (QED) is 0.474. The second-order valence-electron chi connectivity index (χ2n) is 6.95. The van der Waals surface area contributed by atoms with Gasteiger partial charge in [-0.25, -0.2) is 9.36 Å². The standard InChI is InChI=1S/C22H19N7O/c1-15(16-8-10-17(11-9-16)28-13-5-12-23-28)25-22-26-20-19(21(30)27-22)14-24-29(20)18-6-3-2-4-7-18/h2-15H,1H3,(H2,25,26,27,30). The van der Waals surface area contributed by atoms with Gasteiger partial charge >= 0.3 is 0 Å². The Labute approximate surface area is 171 Å². The summed E-state index contributed by atoms with van der Waals surface area (Å²) in [6.45, 7) is 2.02. The highest BCUT2D eigenvalue weighted by Crippen LogP contribution is 2.20. The number of aromatic nitrogens is 6. The number of hydrogen-bond donors (Lipinski definition) is 2. The molecule has 0 aliphatic rings. The van der Waals surface area contributed by atoms with Crippen molar-refractivity contribution in [1.29, 1.82) is 0 Å². The molecule has 8 heteroatoms. The average Bonchev–Trinajstić information content (AvgIpc) is 3.45. The van der Waals surface area contributed by atoms with Crippen molar-refractivity contribution < 1.29 is 0 Å². The Morgan fingerprint density at radius 2 is 1.77 bits per heavy atom. The number of fused-ring (bicyclic) bond motifs is 1. The molecule has 0 amide bonds. The van der Waals surface area contributed by atoms with E-state index >= 15 is 0 Å². The normalized spacial score (nSPS) is 12.2. The number of anilines is 1. The van der Waals surface area contributed by atoms with Crippen molar-refractivity contribution in [3.8, 4) is 11.4 Å². The number of benzene rings is 2. The SMILES string of the molecule is CC(Nc1nc2c(cnn2-c2ccccc2)c(=O)[nH]1)c1ccc(-n2cccn2)cc1. The molecule has 5 rings (SSSR count). The molecule has 0 radical (unpaired) electrons. The van der Waals surface area contributed by atoms with E-state index in [0.29, 0.717) is 17.0 Å². The molecule has 2 N–H and O–H groups in total. The molecule has 0 aliphatic heterocycles. The van der Waals surface area contributed by atoms with E-state index in [1.54, 1.807) is 15.6 Å². The maximum atomic E-state index is 12.5. The van der Waals surface area contributed by atoms with Crippen LogP contribution in [0.2, 0.25) is 0 Å². The number of aromatic amines is 1. The lowest BCUT2D eigenvalue weighted by molar-refractivity contribution is 0.846. The van der Waals surface area contributed by atoms with Crippen LogP contribution in [0.25, 0.3) is 22.4 Å². The van der Waals surface area contributed by atoms with E-state index in [1.807, 2.05) is 73.8 Å². The van der Waals surface area contributed by atoms with Crippen LogP contribution in [-0.2, 0) is 0 Å². The fourth-order valence-corrected chi connectivity index (χ4v) is 3.37. The van der Waals surface area contributed by atoms with Gasteiger partial charge in [-0.05, 0) is 42.8 Å². The van der Waals surface area contributed by atoms with Crippen molar-refractivity contribution in [2.24, 2.45) is 0 Å². The molecule has 30 heavy (non-hydrogen) atoms.